The smallest absolute Gasteiger partial charge is 0.270 e. The number of aryl methyl sites for hydroxylation is 2. The summed E-state index contributed by atoms with van der Waals surface area (Å²) in [6.07, 6.45) is 1.77. The number of thiocarbonyl (C=S) groups is 1. The van der Waals surface area contributed by atoms with Crippen molar-refractivity contribution in [3.63, 3.8) is 0 Å². The van der Waals surface area contributed by atoms with E-state index in [1.54, 1.807) is 18.2 Å². The SMILES string of the molecule is CCOc1ccc(N2C(=O)/C(=C/c3ccc(OCC(=O)Nc4cc(C)cc(C)c4)c(OCC)c3)SC2=S)cc1. The van der Waals surface area contributed by atoms with Crippen LogP contribution in [0.2, 0.25) is 0 Å². The van der Waals surface area contributed by atoms with Gasteiger partial charge in [0.1, 0.15) is 5.75 Å². The van der Waals surface area contributed by atoms with Crippen molar-refractivity contribution in [2.45, 2.75) is 27.7 Å². The van der Waals surface area contributed by atoms with Crippen LogP contribution in [0.1, 0.15) is 30.5 Å². The van der Waals surface area contributed by atoms with Crippen LogP contribution in [0.25, 0.3) is 6.08 Å². The van der Waals surface area contributed by atoms with Crippen LogP contribution in [-0.2, 0) is 9.59 Å². The zero-order valence-electron chi connectivity index (χ0n) is 22.3. The lowest BCUT2D eigenvalue weighted by Gasteiger charge is -2.15. The Morgan fingerprint density at radius 3 is 2.28 bits per heavy atom. The van der Waals surface area contributed by atoms with E-state index in [-0.39, 0.29) is 18.4 Å². The monoisotopic (exact) mass is 562 g/mol. The molecule has 202 valence electrons. The van der Waals surface area contributed by atoms with Gasteiger partial charge in [0.05, 0.1) is 23.8 Å². The second-order valence-electron chi connectivity index (χ2n) is 8.80. The van der Waals surface area contributed by atoms with Crippen molar-refractivity contribution in [1.29, 1.82) is 0 Å². The van der Waals surface area contributed by atoms with Crippen LogP contribution in [0, 0.1) is 13.8 Å². The first kappa shape index (κ1) is 28.2. The van der Waals surface area contributed by atoms with E-state index >= 15 is 0 Å². The predicted molar refractivity (Wildman–Crippen MR) is 161 cm³/mol. The molecule has 1 aliphatic rings. The molecular weight excluding hydrogens is 532 g/mol. The van der Waals surface area contributed by atoms with Gasteiger partial charge in [-0.05, 0) is 99.0 Å². The highest BCUT2D eigenvalue weighted by Crippen LogP contribution is 2.37. The molecule has 1 heterocycles. The quantitative estimate of drug-likeness (QED) is 0.223. The fraction of sp³-hybridized carbons (Fsp3) is 0.233. The number of benzene rings is 3. The number of nitrogens with one attached hydrogen (secondary N) is 1. The van der Waals surface area contributed by atoms with E-state index in [1.165, 1.54) is 16.7 Å². The van der Waals surface area contributed by atoms with Crippen molar-refractivity contribution in [1.82, 2.24) is 0 Å². The molecule has 4 rings (SSSR count). The molecule has 1 saturated heterocycles. The lowest BCUT2D eigenvalue weighted by Crippen LogP contribution is -2.27. The predicted octanol–water partition coefficient (Wildman–Crippen LogP) is 6.52. The second kappa shape index (κ2) is 12.8. The first-order chi connectivity index (χ1) is 18.8. The summed E-state index contributed by atoms with van der Waals surface area (Å²) < 4.78 is 17.5. The number of carbonyl (C=O) groups excluding carboxylic acids is 2. The van der Waals surface area contributed by atoms with Crippen molar-refractivity contribution in [3.05, 3.63) is 82.3 Å². The van der Waals surface area contributed by atoms with Gasteiger partial charge < -0.3 is 19.5 Å². The minimum atomic E-state index is -0.274. The summed E-state index contributed by atoms with van der Waals surface area (Å²) in [7, 11) is 0. The third-order valence-corrected chi connectivity index (χ3v) is 6.93. The van der Waals surface area contributed by atoms with Crippen molar-refractivity contribution in [2.24, 2.45) is 0 Å². The fourth-order valence-electron chi connectivity index (χ4n) is 4.09. The van der Waals surface area contributed by atoms with Gasteiger partial charge >= 0.3 is 0 Å². The Kier molecular flexibility index (Phi) is 9.27. The molecule has 0 saturated carbocycles. The normalized spacial score (nSPS) is 14.1. The van der Waals surface area contributed by atoms with E-state index in [4.69, 9.17) is 26.4 Å². The molecule has 1 fully saturated rings. The van der Waals surface area contributed by atoms with Crippen LogP contribution in [0.4, 0.5) is 11.4 Å². The van der Waals surface area contributed by atoms with Crippen molar-refractivity contribution < 1.29 is 23.8 Å². The topological polar surface area (TPSA) is 77.1 Å². The van der Waals surface area contributed by atoms with Gasteiger partial charge in [-0.2, -0.15) is 0 Å². The average molecular weight is 563 g/mol. The number of amides is 2. The van der Waals surface area contributed by atoms with Gasteiger partial charge in [0, 0.05) is 5.69 Å². The van der Waals surface area contributed by atoms with E-state index in [2.05, 4.69) is 5.32 Å². The van der Waals surface area contributed by atoms with E-state index in [0.29, 0.717) is 39.6 Å². The molecule has 1 aliphatic heterocycles. The van der Waals surface area contributed by atoms with Gasteiger partial charge in [-0.1, -0.05) is 36.1 Å². The molecule has 0 radical (unpaired) electrons. The summed E-state index contributed by atoms with van der Waals surface area (Å²) in [5, 5.41) is 2.86. The molecule has 7 nitrogen and oxygen atoms in total. The summed E-state index contributed by atoms with van der Waals surface area (Å²) >= 11 is 6.74. The molecule has 2 amide bonds. The van der Waals surface area contributed by atoms with Gasteiger partial charge in [-0.15, -0.1) is 0 Å². The van der Waals surface area contributed by atoms with E-state index in [1.807, 2.05) is 76.2 Å². The first-order valence-electron chi connectivity index (χ1n) is 12.6. The summed E-state index contributed by atoms with van der Waals surface area (Å²) in [4.78, 5) is 27.7. The van der Waals surface area contributed by atoms with E-state index in [0.717, 1.165) is 28.1 Å². The second-order valence-corrected chi connectivity index (χ2v) is 10.5. The summed E-state index contributed by atoms with van der Waals surface area (Å²) in [6, 6.07) is 18.4. The number of hydrogen-bond acceptors (Lipinski definition) is 7. The Morgan fingerprint density at radius 2 is 1.62 bits per heavy atom. The number of nitrogens with zero attached hydrogens (tertiary/aromatic N) is 1. The Labute approximate surface area is 238 Å². The van der Waals surface area contributed by atoms with Gasteiger partial charge in [-0.3, -0.25) is 14.5 Å². The summed E-state index contributed by atoms with van der Waals surface area (Å²) in [6.45, 7) is 8.55. The molecule has 0 atom stereocenters. The zero-order valence-corrected chi connectivity index (χ0v) is 23.9. The van der Waals surface area contributed by atoms with Crippen LogP contribution in [0.15, 0.2) is 65.6 Å². The van der Waals surface area contributed by atoms with Crippen molar-refractivity contribution in [2.75, 3.05) is 30.0 Å². The van der Waals surface area contributed by atoms with Crippen molar-refractivity contribution >= 4 is 57.6 Å². The molecule has 0 bridgehead atoms. The van der Waals surface area contributed by atoms with Crippen molar-refractivity contribution in [3.8, 4) is 17.2 Å². The van der Waals surface area contributed by atoms with Crippen LogP contribution in [-0.4, -0.2) is 36.0 Å². The van der Waals surface area contributed by atoms with Gasteiger partial charge in [-0.25, -0.2) is 0 Å². The molecular formula is C30H30N2O5S2. The van der Waals surface area contributed by atoms with E-state index < -0.39 is 0 Å². The summed E-state index contributed by atoms with van der Waals surface area (Å²) in [5.74, 6) is 1.18. The van der Waals surface area contributed by atoms with Gasteiger partial charge in [0.2, 0.25) is 0 Å². The number of hydrogen-bond donors (Lipinski definition) is 1. The van der Waals surface area contributed by atoms with E-state index in [9.17, 15) is 9.59 Å². The number of ether oxygens (including phenoxy) is 3. The standard InChI is InChI=1S/C30H30N2O5S2/c1-5-35-24-10-8-23(9-11-24)32-29(34)27(39-30(32)38)17-21-7-12-25(26(16-21)36-6-2)37-18-28(33)31-22-14-19(3)13-20(4)15-22/h7-17H,5-6,18H2,1-4H3,(H,31,33)/b27-17-. The molecule has 1 N–H and O–H groups in total. The lowest BCUT2D eigenvalue weighted by atomic mass is 10.1. The highest BCUT2D eigenvalue weighted by molar-refractivity contribution is 8.27. The van der Waals surface area contributed by atoms with Crippen LogP contribution in [0.3, 0.4) is 0 Å². The molecule has 0 aliphatic carbocycles. The minimum Gasteiger partial charge on any atom is -0.494 e. The average Bonchev–Trinajstić information content (AvgIpc) is 3.16. The van der Waals surface area contributed by atoms with Gasteiger partial charge in [0.25, 0.3) is 11.8 Å². The molecule has 0 aromatic heterocycles. The van der Waals surface area contributed by atoms with Gasteiger partial charge in [0.15, 0.2) is 22.4 Å². The minimum absolute atomic E-state index is 0.173. The van der Waals surface area contributed by atoms with Crippen LogP contribution >= 0.6 is 24.0 Å². The third kappa shape index (κ3) is 7.19. The molecule has 9 heteroatoms. The van der Waals surface area contributed by atoms with Crippen LogP contribution in [0.5, 0.6) is 17.2 Å². The Balaban J connectivity index is 1.46. The Hall–Kier alpha value is -3.82. The summed E-state index contributed by atoms with van der Waals surface area (Å²) in [5.41, 5.74) is 4.29. The fourth-order valence-corrected chi connectivity index (χ4v) is 5.39. The molecule has 0 unspecified atom stereocenters. The maximum atomic E-state index is 13.2. The molecule has 3 aromatic rings. The molecule has 0 spiro atoms. The number of rotatable bonds is 10. The third-order valence-electron chi connectivity index (χ3n) is 5.63. The first-order valence-corrected chi connectivity index (χ1v) is 13.8. The zero-order chi connectivity index (χ0) is 27.9. The molecule has 39 heavy (non-hydrogen) atoms. The highest BCUT2D eigenvalue weighted by Gasteiger charge is 2.33. The lowest BCUT2D eigenvalue weighted by molar-refractivity contribution is -0.118. The Bertz CT molecular complexity index is 1400. The largest absolute Gasteiger partial charge is 0.494 e. The number of carbonyl (C=O) groups is 2. The Morgan fingerprint density at radius 1 is 0.923 bits per heavy atom. The maximum Gasteiger partial charge on any atom is 0.270 e. The maximum absolute atomic E-state index is 13.2. The number of thioether (sulfide) groups is 1. The highest BCUT2D eigenvalue weighted by atomic mass is 32.2. The van der Waals surface area contributed by atoms with Crippen LogP contribution < -0.4 is 24.4 Å². The molecule has 3 aromatic carbocycles. The number of anilines is 2.